The van der Waals surface area contributed by atoms with Crippen LogP contribution in [0.4, 0.5) is 13.2 Å². The summed E-state index contributed by atoms with van der Waals surface area (Å²) in [5.41, 5.74) is 2.06. The van der Waals surface area contributed by atoms with Gasteiger partial charge in [0.05, 0.1) is 23.8 Å². The summed E-state index contributed by atoms with van der Waals surface area (Å²) in [6.07, 6.45) is -3.82. The molecular formula is C28H26F3N3O2. The van der Waals surface area contributed by atoms with E-state index in [9.17, 15) is 23.2 Å². The summed E-state index contributed by atoms with van der Waals surface area (Å²) >= 11 is 0. The van der Waals surface area contributed by atoms with Crippen molar-refractivity contribution in [1.29, 1.82) is 5.26 Å². The molecule has 0 aliphatic carbocycles. The minimum atomic E-state index is -4.45. The molecule has 1 fully saturated rings. The van der Waals surface area contributed by atoms with Crippen molar-refractivity contribution in [3.63, 3.8) is 0 Å². The second kappa shape index (κ2) is 10.8. The fraction of sp³-hybridized carbons (Fsp3) is 0.286. The number of carbonyl (C=O) groups is 1. The van der Waals surface area contributed by atoms with Crippen LogP contribution in [-0.2, 0) is 6.18 Å². The van der Waals surface area contributed by atoms with Gasteiger partial charge in [0.25, 0.3) is 5.91 Å². The Morgan fingerprint density at radius 3 is 2.22 bits per heavy atom. The first-order valence-corrected chi connectivity index (χ1v) is 11.7. The van der Waals surface area contributed by atoms with Crippen molar-refractivity contribution < 1.29 is 22.7 Å². The molecule has 4 rings (SSSR count). The second-order valence-corrected chi connectivity index (χ2v) is 8.71. The minimum absolute atomic E-state index is 0.00575. The van der Waals surface area contributed by atoms with Crippen LogP contribution in [0.5, 0.6) is 5.75 Å². The first-order chi connectivity index (χ1) is 17.3. The van der Waals surface area contributed by atoms with Crippen molar-refractivity contribution >= 4 is 5.91 Å². The molecule has 0 radical (unpaired) electrons. The number of carbonyl (C=O) groups excluding carboxylic acids is 1. The number of hydrogen-bond acceptors (Lipinski definition) is 4. The monoisotopic (exact) mass is 493 g/mol. The highest BCUT2D eigenvalue weighted by Gasteiger charge is 2.34. The Hall–Kier alpha value is -3.83. The summed E-state index contributed by atoms with van der Waals surface area (Å²) < 4.78 is 44.0. The molecule has 1 heterocycles. The van der Waals surface area contributed by atoms with Crippen LogP contribution in [0.15, 0.2) is 72.8 Å². The molecule has 1 saturated heterocycles. The van der Waals surface area contributed by atoms with Gasteiger partial charge in [-0.05, 0) is 73.0 Å². The first-order valence-electron chi connectivity index (χ1n) is 11.7. The fourth-order valence-corrected chi connectivity index (χ4v) is 4.57. The molecule has 1 amide bonds. The molecule has 3 aromatic carbocycles. The first kappa shape index (κ1) is 25.3. The van der Waals surface area contributed by atoms with Gasteiger partial charge in [-0.25, -0.2) is 0 Å². The van der Waals surface area contributed by atoms with Gasteiger partial charge in [-0.2, -0.15) is 18.4 Å². The number of rotatable bonds is 7. The third-order valence-electron chi connectivity index (χ3n) is 6.33. The van der Waals surface area contributed by atoms with Crippen LogP contribution >= 0.6 is 0 Å². The lowest BCUT2D eigenvalue weighted by Gasteiger charge is -2.25. The standard InChI is InChI=1S/C28H26F3N3O2/c1-2-36-24-13-9-20(10-14-24)26(19-5-3-18(16-32)4-6-19)25-15-23(17-33-25)34-27(35)21-7-11-22(12-8-21)28(29,30)31/h3-14,23,25-26,33H,2,15,17H2,1H3,(H,34,35). The molecule has 0 bridgehead atoms. The molecule has 0 spiro atoms. The highest BCUT2D eigenvalue weighted by atomic mass is 19.4. The van der Waals surface area contributed by atoms with Crippen molar-refractivity contribution in [1.82, 2.24) is 10.6 Å². The van der Waals surface area contributed by atoms with Crippen molar-refractivity contribution in [3.8, 4) is 11.8 Å². The third kappa shape index (κ3) is 5.86. The molecule has 3 atom stereocenters. The van der Waals surface area contributed by atoms with Crippen LogP contribution in [0.3, 0.4) is 0 Å². The predicted molar refractivity (Wildman–Crippen MR) is 130 cm³/mol. The van der Waals surface area contributed by atoms with Gasteiger partial charge in [0.15, 0.2) is 0 Å². The minimum Gasteiger partial charge on any atom is -0.494 e. The highest BCUT2D eigenvalue weighted by molar-refractivity contribution is 5.94. The van der Waals surface area contributed by atoms with E-state index in [1.807, 2.05) is 43.3 Å². The van der Waals surface area contributed by atoms with E-state index >= 15 is 0 Å². The fourth-order valence-electron chi connectivity index (χ4n) is 4.57. The zero-order valence-corrected chi connectivity index (χ0v) is 19.7. The molecule has 8 heteroatoms. The molecule has 5 nitrogen and oxygen atoms in total. The Morgan fingerprint density at radius 2 is 1.67 bits per heavy atom. The number of amides is 1. The average Bonchev–Trinajstić information content (AvgIpc) is 3.33. The predicted octanol–water partition coefficient (Wildman–Crippen LogP) is 5.27. The zero-order chi connectivity index (χ0) is 25.7. The normalized spacial score (nSPS) is 18.3. The van der Waals surface area contributed by atoms with Gasteiger partial charge in [0.1, 0.15) is 5.75 Å². The second-order valence-electron chi connectivity index (χ2n) is 8.71. The number of nitriles is 1. The summed E-state index contributed by atoms with van der Waals surface area (Å²) in [6, 6.07) is 21.5. The van der Waals surface area contributed by atoms with Crippen LogP contribution < -0.4 is 15.4 Å². The van der Waals surface area contributed by atoms with Crippen molar-refractivity contribution in [2.75, 3.05) is 13.2 Å². The molecule has 3 unspecified atom stereocenters. The van der Waals surface area contributed by atoms with Gasteiger partial charge < -0.3 is 15.4 Å². The van der Waals surface area contributed by atoms with Gasteiger partial charge in [-0.15, -0.1) is 0 Å². The SMILES string of the molecule is CCOc1ccc(C(c2ccc(C#N)cc2)C2CC(NC(=O)c3ccc(C(F)(F)F)cc3)CN2)cc1. The Bertz CT molecular complexity index is 1220. The summed E-state index contributed by atoms with van der Waals surface area (Å²) in [6.45, 7) is 3.03. The quantitative estimate of drug-likeness (QED) is 0.471. The largest absolute Gasteiger partial charge is 0.494 e. The van der Waals surface area contributed by atoms with Crippen LogP contribution in [0, 0.1) is 11.3 Å². The summed E-state index contributed by atoms with van der Waals surface area (Å²) in [4.78, 5) is 12.7. The maximum Gasteiger partial charge on any atom is 0.416 e. The number of alkyl halides is 3. The lowest BCUT2D eigenvalue weighted by Crippen LogP contribution is -2.36. The van der Waals surface area contributed by atoms with Crippen molar-refractivity contribution in [2.45, 2.75) is 37.5 Å². The van der Waals surface area contributed by atoms with Gasteiger partial charge in [-0.3, -0.25) is 4.79 Å². The van der Waals surface area contributed by atoms with Gasteiger partial charge in [0.2, 0.25) is 0 Å². The maximum absolute atomic E-state index is 12.8. The van der Waals surface area contributed by atoms with E-state index in [0.717, 1.165) is 29.0 Å². The number of nitrogens with zero attached hydrogens (tertiary/aromatic N) is 1. The highest BCUT2D eigenvalue weighted by Crippen LogP contribution is 2.34. The van der Waals surface area contributed by atoms with Crippen LogP contribution in [-0.4, -0.2) is 31.1 Å². The Morgan fingerprint density at radius 1 is 1.06 bits per heavy atom. The molecule has 1 aliphatic rings. The third-order valence-corrected chi connectivity index (χ3v) is 6.33. The van der Waals surface area contributed by atoms with Gasteiger partial charge in [-0.1, -0.05) is 24.3 Å². The Labute approximate surface area is 207 Å². The average molecular weight is 494 g/mol. The van der Waals surface area contributed by atoms with E-state index in [1.165, 1.54) is 12.1 Å². The van der Waals surface area contributed by atoms with Crippen molar-refractivity contribution in [2.24, 2.45) is 0 Å². The lowest BCUT2D eigenvalue weighted by atomic mass is 9.83. The Kier molecular flexibility index (Phi) is 7.61. The van der Waals surface area contributed by atoms with Gasteiger partial charge in [0, 0.05) is 30.1 Å². The summed E-state index contributed by atoms with van der Waals surface area (Å²) in [5.74, 6) is 0.328. The summed E-state index contributed by atoms with van der Waals surface area (Å²) in [5, 5.41) is 15.6. The van der Waals surface area contributed by atoms with Crippen molar-refractivity contribution in [3.05, 3.63) is 101 Å². The van der Waals surface area contributed by atoms with Crippen LogP contribution in [0.25, 0.3) is 0 Å². The van der Waals surface area contributed by atoms with E-state index in [-0.39, 0.29) is 23.6 Å². The molecule has 2 N–H and O–H groups in total. The van der Waals surface area contributed by atoms with E-state index < -0.39 is 17.6 Å². The number of benzene rings is 3. The van der Waals surface area contributed by atoms with E-state index in [1.54, 1.807) is 12.1 Å². The topological polar surface area (TPSA) is 74.1 Å². The molecule has 0 aromatic heterocycles. The Balaban J connectivity index is 1.50. The number of halogens is 3. The number of nitrogens with one attached hydrogen (secondary N) is 2. The number of hydrogen-bond donors (Lipinski definition) is 2. The smallest absolute Gasteiger partial charge is 0.416 e. The van der Waals surface area contributed by atoms with Gasteiger partial charge >= 0.3 is 6.18 Å². The number of ether oxygens (including phenoxy) is 1. The maximum atomic E-state index is 12.8. The molecule has 186 valence electrons. The van der Waals surface area contributed by atoms with Crippen LogP contribution in [0.2, 0.25) is 0 Å². The lowest BCUT2D eigenvalue weighted by molar-refractivity contribution is -0.137. The van der Waals surface area contributed by atoms with Crippen LogP contribution in [0.1, 0.15) is 51.9 Å². The molecule has 0 saturated carbocycles. The zero-order valence-electron chi connectivity index (χ0n) is 19.7. The molecular weight excluding hydrogens is 467 g/mol. The summed E-state index contributed by atoms with van der Waals surface area (Å²) in [7, 11) is 0. The van der Waals surface area contributed by atoms with E-state index in [2.05, 4.69) is 16.7 Å². The molecule has 36 heavy (non-hydrogen) atoms. The molecule has 3 aromatic rings. The van der Waals surface area contributed by atoms with E-state index in [0.29, 0.717) is 25.1 Å². The van der Waals surface area contributed by atoms with E-state index in [4.69, 9.17) is 4.74 Å². The molecule has 1 aliphatic heterocycles.